The van der Waals surface area contributed by atoms with Gasteiger partial charge in [-0.05, 0) is 32.4 Å². The number of imidazole rings is 1. The molecular formula is C12H18ClN7. The number of aromatic amines is 1. The first kappa shape index (κ1) is 14.5. The quantitative estimate of drug-likeness (QED) is 0.850. The third-order valence-electron chi connectivity index (χ3n) is 2.92. The van der Waals surface area contributed by atoms with Crippen LogP contribution in [0.1, 0.15) is 32.6 Å². The Morgan fingerprint density at radius 3 is 2.65 bits per heavy atom. The summed E-state index contributed by atoms with van der Waals surface area (Å²) in [5, 5.41) is 3.34. The highest BCUT2D eigenvalue weighted by molar-refractivity contribution is 6.28. The average molecular weight is 296 g/mol. The van der Waals surface area contributed by atoms with E-state index in [9.17, 15) is 0 Å². The molecule has 8 heteroatoms. The molecule has 0 bridgehead atoms. The van der Waals surface area contributed by atoms with E-state index in [4.69, 9.17) is 11.6 Å². The van der Waals surface area contributed by atoms with Crippen molar-refractivity contribution < 1.29 is 0 Å². The van der Waals surface area contributed by atoms with E-state index in [1.165, 1.54) is 0 Å². The van der Waals surface area contributed by atoms with Crippen molar-refractivity contribution in [1.29, 1.82) is 0 Å². The second kappa shape index (κ2) is 6.51. The molecule has 0 saturated carbocycles. The molecule has 0 aliphatic carbocycles. The molecule has 0 aromatic carbocycles. The Labute approximate surface area is 122 Å². The minimum absolute atomic E-state index is 0.0481. The number of rotatable bonds is 6. The van der Waals surface area contributed by atoms with Gasteiger partial charge < -0.3 is 15.2 Å². The summed E-state index contributed by atoms with van der Waals surface area (Å²) in [5.41, 5.74) is 0. The first-order valence-corrected chi connectivity index (χ1v) is 6.94. The molecule has 0 radical (unpaired) electrons. The third kappa shape index (κ3) is 3.36. The van der Waals surface area contributed by atoms with Gasteiger partial charge in [-0.3, -0.25) is 0 Å². The average Bonchev–Trinajstić information content (AvgIpc) is 2.93. The zero-order valence-corrected chi connectivity index (χ0v) is 12.5. The Balaban J connectivity index is 2.19. The maximum absolute atomic E-state index is 5.96. The standard InChI is InChI=1S/C12H18ClN7/c1-4-20(5-2)12-18-10(13)17-11(19-12)16-8(3)9-14-6-7-15-9/h6-8H,4-5H2,1-3H3,(H,14,15)(H,16,17,18,19). The van der Waals surface area contributed by atoms with Crippen LogP contribution in [0.25, 0.3) is 0 Å². The summed E-state index contributed by atoms with van der Waals surface area (Å²) in [4.78, 5) is 21.9. The molecule has 20 heavy (non-hydrogen) atoms. The van der Waals surface area contributed by atoms with Crippen LogP contribution in [0.3, 0.4) is 0 Å². The first-order valence-electron chi connectivity index (χ1n) is 6.56. The SMILES string of the molecule is CCN(CC)c1nc(Cl)nc(NC(C)c2ncc[nH]2)n1. The maximum atomic E-state index is 5.96. The van der Waals surface area contributed by atoms with Crippen LogP contribution < -0.4 is 10.2 Å². The van der Waals surface area contributed by atoms with E-state index in [-0.39, 0.29) is 11.3 Å². The largest absolute Gasteiger partial charge is 0.347 e. The normalized spacial score (nSPS) is 12.2. The molecule has 0 aliphatic heterocycles. The van der Waals surface area contributed by atoms with Gasteiger partial charge in [-0.2, -0.15) is 15.0 Å². The summed E-state index contributed by atoms with van der Waals surface area (Å²) in [6.07, 6.45) is 3.48. The molecule has 2 rings (SSSR count). The number of anilines is 2. The summed E-state index contributed by atoms with van der Waals surface area (Å²) in [6.45, 7) is 7.67. The molecule has 0 amide bonds. The zero-order valence-electron chi connectivity index (χ0n) is 11.8. The number of hydrogen-bond donors (Lipinski definition) is 2. The van der Waals surface area contributed by atoms with E-state index in [0.29, 0.717) is 11.9 Å². The number of hydrogen-bond acceptors (Lipinski definition) is 6. The molecule has 0 aliphatic rings. The van der Waals surface area contributed by atoms with Crippen molar-refractivity contribution in [3.8, 4) is 0 Å². The van der Waals surface area contributed by atoms with Crippen LogP contribution in [0.15, 0.2) is 12.4 Å². The number of H-pyrrole nitrogens is 1. The smallest absolute Gasteiger partial charge is 0.231 e. The summed E-state index contributed by atoms with van der Waals surface area (Å²) < 4.78 is 0. The number of aromatic nitrogens is 5. The Kier molecular flexibility index (Phi) is 4.73. The van der Waals surface area contributed by atoms with E-state index in [0.717, 1.165) is 18.9 Å². The molecular weight excluding hydrogens is 278 g/mol. The lowest BCUT2D eigenvalue weighted by molar-refractivity contribution is 0.777. The molecule has 0 spiro atoms. The highest BCUT2D eigenvalue weighted by atomic mass is 35.5. The van der Waals surface area contributed by atoms with E-state index in [2.05, 4.69) is 30.2 Å². The second-order valence-electron chi connectivity index (χ2n) is 4.24. The van der Waals surface area contributed by atoms with Crippen LogP contribution in [-0.2, 0) is 0 Å². The molecule has 2 N–H and O–H groups in total. The maximum Gasteiger partial charge on any atom is 0.231 e. The van der Waals surface area contributed by atoms with Gasteiger partial charge in [0, 0.05) is 25.5 Å². The third-order valence-corrected chi connectivity index (χ3v) is 3.09. The van der Waals surface area contributed by atoms with Gasteiger partial charge in [0.05, 0.1) is 6.04 Å². The monoisotopic (exact) mass is 295 g/mol. The van der Waals surface area contributed by atoms with Gasteiger partial charge in [0.2, 0.25) is 17.2 Å². The van der Waals surface area contributed by atoms with Crippen LogP contribution in [0.5, 0.6) is 0 Å². The molecule has 108 valence electrons. The molecule has 0 fully saturated rings. The van der Waals surface area contributed by atoms with E-state index in [1.54, 1.807) is 12.4 Å². The van der Waals surface area contributed by atoms with Crippen LogP contribution in [-0.4, -0.2) is 38.0 Å². The second-order valence-corrected chi connectivity index (χ2v) is 4.58. The van der Waals surface area contributed by atoms with Crippen molar-refractivity contribution in [2.75, 3.05) is 23.3 Å². The van der Waals surface area contributed by atoms with Crippen LogP contribution in [0, 0.1) is 0 Å². The van der Waals surface area contributed by atoms with Gasteiger partial charge in [-0.25, -0.2) is 4.98 Å². The van der Waals surface area contributed by atoms with Gasteiger partial charge in [0.1, 0.15) is 5.82 Å². The van der Waals surface area contributed by atoms with E-state index < -0.39 is 0 Å². The highest BCUT2D eigenvalue weighted by Gasteiger charge is 2.13. The Bertz CT molecular complexity index is 539. The fraction of sp³-hybridized carbons (Fsp3) is 0.500. The molecule has 2 aromatic rings. The van der Waals surface area contributed by atoms with Gasteiger partial charge in [0.25, 0.3) is 0 Å². The molecule has 7 nitrogen and oxygen atoms in total. The Morgan fingerprint density at radius 1 is 1.30 bits per heavy atom. The summed E-state index contributed by atoms with van der Waals surface area (Å²) in [6, 6.07) is -0.0481. The van der Waals surface area contributed by atoms with Gasteiger partial charge in [-0.1, -0.05) is 0 Å². The van der Waals surface area contributed by atoms with Crippen LogP contribution >= 0.6 is 11.6 Å². The zero-order chi connectivity index (χ0) is 14.5. The van der Waals surface area contributed by atoms with Gasteiger partial charge in [0.15, 0.2) is 0 Å². The molecule has 2 heterocycles. The number of nitrogens with zero attached hydrogens (tertiary/aromatic N) is 5. The first-order chi connectivity index (χ1) is 9.63. The van der Waals surface area contributed by atoms with Crippen molar-refractivity contribution in [2.45, 2.75) is 26.8 Å². The van der Waals surface area contributed by atoms with Crippen LogP contribution in [0.2, 0.25) is 5.28 Å². The predicted octanol–water partition coefficient (Wildman–Crippen LogP) is 2.27. The minimum Gasteiger partial charge on any atom is -0.347 e. The van der Waals surface area contributed by atoms with E-state index >= 15 is 0 Å². The van der Waals surface area contributed by atoms with Crippen molar-refractivity contribution in [3.63, 3.8) is 0 Å². The topological polar surface area (TPSA) is 82.6 Å². The van der Waals surface area contributed by atoms with E-state index in [1.807, 2.05) is 25.7 Å². The lowest BCUT2D eigenvalue weighted by Crippen LogP contribution is -2.25. The summed E-state index contributed by atoms with van der Waals surface area (Å²) in [7, 11) is 0. The molecule has 0 saturated heterocycles. The number of nitrogens with one attached hydrogen (secondary N) is 2. The summed E-state index contributed by atoms with van der Waals surface area (Å²) in [5.74, 6) is 1.82. The molecule has 1 atom stereocenters. The van der Waals surface area contributed by atoms with Gasteiger partial charge in [-0.15, -0.1) is 0 Å². The van der Waals surface area contributed by atoms with Crippen molar-refractivity contribution in [2.24, 2.45) is 0 Å². The summed E-state index contributed by atoms with van der Waals surface area (Å²) >= 11 is 5.96. The van der Waals surface area contributed by atoms with Crippen molar-refractivity contribution in [1.82, 2.24) is 24.9 Å². The van der Waals surface area contributed by atoms with Crippen molar-refractivity contribution >= 4 is 23.5 Å². The predicted molar refractivity (Wildman–Crippen MR) is 79.0 cm³/mol. The molecule has 2 aromatic heterocycles. The lowest BCUT2D eigenvalue weighted by Gasteiger charge is -2.19. The number of halogens is 1. The fourth-order valence-electron chi connectivity index (χ4n) is 1.83. The Morgan fingerprint density at radius 2 is 2.05 bits per heavy atom. The Hall–Kier alpha value is -1.89. The minimum atomic E-state index is -0.0481. The highest BCUT2D eigenvalue weighted by Crippen LogP contribution is 2.17. The fourth-order valence-corrected chi connectivity index (χ4v) is 1.98. The lowest BCUT2D eigenvalue weighted by atomic mass is 10.3. The van der Waals surface area contributed by atoms with Crippen molar-refractivity contribution in [3.05, 3.63) is 23.5 Å². The molecule has 1 unspecified atom stereocenters. The van der Waals surface area contributed by atoms with Gasteiger partial charge >= 0.3 is 0 Å². The van der Waals surface area contributed by atoms with Crippen LogP contribution in [0.4, 0.5) is 11.9 Å².